The number of benzene rings is 3. The van der Waals surface area contributed by atoms with Crippen molar-refractivity contribution in [1.82, 2.24) is 0 Å². The first-order chi connectivity index (χ1) is 19.9. The van der Waals surface area contributed by atoms with Crippen LogP contribution in [-0.4, -0.2) is 23.2 Å². The Morgan fingerprint density at radius 2 is 1.26 bits per heavy atom. The highest BCUT2D eigenvalue weighted by Crippen LogP contribution is 2.47. The van der Waals surface area contributed by atoms with E-state index in [1.165, 1.54) is 29.8 Å². The Labute approximate surface area is 260 Å². The zero-order valence-electron chi connectivity index (χ0n) is 27.8. The summed E-state index contributed by atoms with van der Waals surface area (Å²) in [6.45, 7) is 23.5. The fourth-order valence-corrected chi connectivity index (χ4v) is 7.58. The van der Waals surface area contributed by atoms with Gasteiger partial charge in [0.2, 0.25) is 8.32 Å². The Morgan fingerprint density at radius 3 is 1.77 bits per heavy atom. The van der Waals surface area contributed by atoms with E-state index in [0.717, 1.165) is 36.4 Å². The van der Waals surface area contributed by atoms with Crippen LogP contribution in [0.4, 0.5) is 14.5 Å². The zero-order chi connectivity index (χ0) is 31.8. The normalized spacial score (nSPS) is 18.7. The lowest BCUT2D eigenvalue weighted by Gasteiger charge is -2.51. The molecule has 3 aromatic rings. The fourth-order valence-electron chi connectivity index (χ4n) is 5.23. The van der Waals surface area contributed by atoms with Crippen LogP contribution in [0.5, 0.6) is 5.75 Å². The van der Waals surface area contributed by atoms with Crippen molar-refractivity contribution in [3.63, 3.8) is 0 Å². The van der Waals surface area contributed by atoms with E-state index < -0.39 is 16.6 Å². The summed E-state index contributed by atoms with van der Waals surface area (Å²) in [4.78, 5) is 2.37. The van der Waals surface area contributed by atoms with Crippen molar-refractivity contribution in [2.24, 2.45) is 5.92 Å². The lowest BCUT2D eigenvalue weighted by molar-refractivity contribution is 0.150. The number of hydrogen-bond donors (Lipinski definition) is 0. The van der Waals surface area contributed by atoms with E-state index in [2.05, 4.69) is 96.9 Å². The van der Waals surface area contributed by atoms with Crippen molar-refractivity contribution in [2.45, 2.75) is 103 Å². The monoisotopic (exact) mass is 623 g/mol. The van der Waals surface area contributed by atoms with Crippen LogP contribution in [-0.2, 0) is 4.43 Å². The van der Waals surface area contributed by atoms with Gasteiger partial charge in [-0.25, -0.2) is 8.78 Å². The first-order valence-electron chi connectivity index (χ1n) is 15.6. The minimum Gasteiger partial charge on any atom is -0.544 e. The molecule has 1 fully saturated rings. The van der Waals surface area contributed by atoms with E-state index in [1.54, 1.807) is 0 Å². The predicted octanol–water partition coefficient (Wildman–Crippen LogP) is 11.1. The van der Waals surface area contributed by atoms with Gasteiger partial charge in [-0.2, -0.15) is 0 Å². The van der Waals surface area contributed by atoms with Gasteiger partial charge in [-0.15, -0.1) is 0 Å². The van der Waals surface area contributed by atoms with Crippen LogP contribution in [0.2, 0.25) is 36.3 Å². The van der Waals surface area contributed by atoms with Gasteiger partial charge in [-0.3, -0.25) is 0 Å². The van der Waals surface area contributed by atoms with E-state index in [4.69, 9.17) is 8.85 Å². The molecule has 0 bridgehead atoms. The van der Waals surface area contributed by atoms with Crippen LogP contribution < -0.4 is 9.33 Å². The Morgan fingerprint density at radius 1 is 0.744 bits per heavy atom. The standard InChI is InChI=1S/C36H51F2NO2Si2/c1-35(2,3)42(7,8)40-32-22-13-27(14-23-32)34-28(25-39(34)31-20-18-30(38)19-21-31)15-24-33(26-11-16-29(37)17-12-26)41-43(9,10)36(4,5)6/h11-14,16-23,28,33-34H,15,24-25H2,1-10H3/t28-,33-,34+/m0/s1. The van der Waals surface area contributed by atoms with E-state index in [9.17, 15) is 8.78 Å². The molecule has 43 heavy (non-hydrogen) atoms. The minimum absolute atomic E-state index is 0.0674. The second kappa shape index (κ2) is 12.5. The minimum atomic E-state index is -2.07. The van der Waals surface area contributed by atoms with Gasteiger partial charge in [0.05, 0.1) is 12.1 Å². The number of halogens is 2. The largest absolute Gasteiger partial charge is 0.544 e. The van der Waals surface area contributed by atoms with Gasteiger partial charge >= 0.3 is 0 Å². The molecule has 0 unspecified atom stereocenters. The van der Waals surface area contributed by atoms with E-state index in [1.807, 2.05) is 24.3 Å². The third-order valence-corrected chi connectivity index (χ3v) is 18.9. The van der Waals surface area contributed by atoms with Crippen molar-refractivity contribution in [1.29, 1.82) is 0 Å². The third kappa shape index (κ3) is 7.79. The molecule has 1 heterocycles. The van der Waals surface area contributed by atoms with E-state index in [0.29, 0.717) is 5.92 Å². The molecule has 234 valence electrons. The molecule has 0 amide bonds. The summed E-state index contributed by atoms with van der Waals surface area (Å²) in [6, 6.07) is 22.4. The molecule has 1 saturated heterocycles. The number of hydrogen-bond acceptors (Lipinski definition) is 3. The highest BCUT2D eigenvalue weighted by molar-refractivity contribution is 6.75. The maximum atomic E-state index is 13.8. The fraction of sp³-hybridized carbons (Fsp3) is 0.500. The topological polar surface area (TPSA) is 21.7 Å². The third-order valence-electron chi connectivity index (χ3n) is 10.1. The number of anilines is 1. The van der Waals surface area contributed by atoms with Gasteiger partial charge in [0, 0.05) is 18.2 Å². The summed E-state index contributed by atoms with van der Waals surface area (Å²) in [7, 11) is -4.02. The van der Waals surface area contributed by atoms with Crippen LogP contribution in [0.25, 0.3) is 0 Å². The quantitative estimate of drug-likeness (QED) is 0.210. The first kappa shape index (κ1) is 33.4. The Kier molecular flexibility index (Phi) is 9.70. The molecule has 1 aliphatic heterocycles. The van der Waals surface area contributed by atoms with Gasteiger partial charge in [0.25, 0.3) is 0 Å². The lowest BCUT2D eigenvalue weighted by Crippen LogP contribution is -2.50. The summed E-state index contributed by atoms with van der Waals surface area (Å²) in [5.41, 5.74) is 3.29. The van der Waals surface area contributed by atoms with Crippen molar-refractivity contribution < 1.29 is 17.6 Å². The highest BCUT2D eigenvalue weighted by Gasteiger charge is 2.43. The summed E-state index contributed by atoms with van der Waals surface area (Å²) >= 11 is 0. The molecule has 7 heteroatoms. The maximum absolute atomic E-state index is 13.8. The number of rotatable bonds is 10. The molecular formula is C36H51F2NO2Si2. The van der Waals surface area contributed by atoms with Crippen LogP contribution in [0.3, 0.4) is 0 Å². The second-order valence-electron chi connectivity index (χ2n) is 15.3. The van der Waals surface area contributed by atoms with Crippen LogP contribution in [0.15, 0.2) is 72.8 Å². The van der Waals surface area contributed by atoms with Crippen LogP contribution in [0, 0.1) is 17.6 Å². The molecule has 0 aromatic heterocycles. The van der Waals surface area contributed by atoms with Gasteiger partial charge in [0.15, 0.2) is 8.32 Å². The van der Waals surface area contributed by atoms with Crippen LogP contribution >= 0.6 is 0 Å². The summed E-state index contributed by atoms with van der Waals surface area (Å²) in [6.07, 6.45) is 1.71. The van der Waals surface area contributed by atoms with Crippen molar-refractivity contribution >= 4 is 22.3 Å². The van der Waals surface area contributed by atoms with Crippen molar-refractivity contribution in [3.8, 4) is 5.75 Å². The highest BCUT2D eigenvalue weighted by atomic mass is 28.4. The van der Waals surface area contributed by atoms with E-state index >= 15 is 0 Å². The van der Waals surface area contributed by atoms with Gasteiger partial charge in [0.1, 0.15) is 17.4 Å². The predicted molar refractivity (Wildman–Crippen MR) is 181 cm³/mol. The summed E-state index contributed by atoms with van der Waals surface area (Å²) in [5.74, 6) is 0.848. The Balaban J connectivity index is 1.58. The molecule has 0 aliphatic carbocycles. The SMILES string of the molecule is CC(C)(C)[Si](C)(C)Oc1ccc([C@@H]2[C@@H](CC[C@H](O[Si](C)(C)C(C)(C)C)c3ccc(F)cc3)CN2c2ccc(F)cc2)cc1. The summed E-state index contributed by atoms with van der Waals surface area (Å²) < 4.78 is 41.1. The Bertz CT molecular complexity index is 1340. The molecule has 1 aliphatic rings. The molecule has 3 nitrogen and oxygen atoms in total. The molecule has 4 rings (SSSR count). The van der Waals surface area contributed by atoms with Gasteiger partial charge < -0.3 is 13.8 Å². The Hall–Kier alpha value is -2.49. The van der Waals surface area contributed by atoms with Crippen molar-refractivity contribution in [3.05, 3.63) is 95.6 Å². The first-order valence-corrected chi connectivity index (χ1v) is 21.4. The maximum Gasteiger partial charge on any atom is 0.250 e. The molecule has 3 atom stereocenters. The molecular weight excluding hydrogens is 573 g/mol. The van der Waals surface area contributed by atoms with Gasteiger partial charge in [-0.05, 0) is 109 Å². The number of nitrogens with zero attached hydrogens (tertiary/aromatic N) is 1. The molecule has 3 aromatic carbocycles. The molecule has 0 spiro atoms. The average Bonchev–Trinajstić information content (AvgIpc) is 2.88. The van der Waals surface area contributed by atoms with Crippen LogP contribution in [0.1, 0.15) is 77.7 Å². The van der Waals surface area contributed by atoms with Crippen molar-refractivity contribution in [2.75, 3.05) is 11.4 Å². The average molecular weight is 624 g/mol. The summed E-state index contributed by atoms with van der Waals surface area (Å²) in [5, 5.41) is 0.190. The molecule has 0 N–H and O–H groups in total. The smallest absolute Gasteiger partial charge is 0.250 e. The molecule has 0 radical (unpaired) electrons. The van der Waals surface area contributed by atoms with E-state index in [-0.39, 0.29) is 33.9 Å². The van der Waals surface area contributed by atoms with Gasteiger partial charge in [-0.1, -0.05) is 65.8 Å². The lowest BCUT2D eigenvalue weighted by atomic mass is 9.79. The zero-order valence-corrected chi connectivity index (χ0v) is 29.8. The molecule has 0 saturated carbocycles. The second-order valence-corrected chi connectivity index (χ2v) is 24.7.